The fraction of sp³-hybridized carbons (Fsp3) is 0.455. The monoisotopic (exact) mass is 209 g/mol. The summed E-state index contributed by atoms with van der Waals surface area (Å²) >= 11 is 1.72. The highest BCUT2D eigenvalue weighted by Gasteiger charge is 2.01. The summed E-state index contributed by atoms with van der Waals surface area (Å²) in [6.07, 6.45) is 6.16. The summed E-state index contributed by atoms with van der Waals surface area (Å²) in [6, 6.07) is 3.82. The highest BCUT2D eigenvalue weighted by Crippen LogP contribution is 2.21. The fourth-order valence-electron chi connectivity index (χ4n) is 1.15. The van der Waals surface area contributed by atoms with Crippen molar-refractivity contribution in [1.29, 1.82) is 0 Å². The van der Waals surface area contributed by atoms with Gasteiger partial charge in [0.15, 0.2) is 6.29 Å². The van der Waals surface area contributed by atoms with Crippen LogP contribution in [0.2, 0.25) is 0 Å². The highest BCUT2D eigenvalue weighted by atomic mass is 32.2. The number of pyridine rings is 1. The topological polar surface area (TPSA) is 30.0 Å². The molecule has 0 atom stereocenters. The molecule has 0 fully saturated rings. The number of unbranched alkanes of at least 4 members (excludes halogenated alkanes) is 2. The Hall–Kier alpha value is -0.830. The number of carbonyl (C=O) groups is 1. The van der Waals surface area contributed by atoms with Crippen LogP contribution in [0.3, 0.4) is 0 Å². The van der Waals surface area contributed by atoms with Crippen LogP contribution in [0.5, 0.6) is 0 Å². The van der Waals surface area contributed by atoms with E-state index in [2.05, 4.69) is 11.9 Å². The average Bonchev–Trinajstić information content (AvgIpc) is 2.25. The first kappa shape index (κ1) is 11.2. The van der Waals surface area contributed by atoms with Gasteiger partial charge >= 0.3 is 0 Å². The molecule has 3 heteroatoms. The van der Waals surface area contributed by atoms with Gasteiger partial charge < -0.3 is 0 Å². The zero-order valence-electron chi connectivity index (χ0n) is 8.40. The molecule has 0 saturated carbocycles. The summed E-state index contributed by atoms with van der Waals surface area (Å²) in [7, 11) is 0. The van der Waals surface area contributed by atoms with E-state index in [1.54, 1.807) is 18.0 Å². The van der Waals surface area contributed by atoms with Gasteiger partial charge in [0.25, 0.3) is 0 Å². The largest absolute Gasteiger partial charge is 0.296 e. The van der Waals surface area contributed by atoms with Gasteiger partial charge in [0.05, 0.1) is 0 Å². The van der Waals surface area contributed by atoms with Gasteiger partial charge in [-0.15, -0.1) is 11.8 Å². The van der Waals surface area contributed by atoms with Crippen molar-refractivity contribution in [3.8, 4) is 0 Å². The Balaban J connectivity index is 2.45. The molecule has 2 nitrogen and oxygen atoms in total. The molecule has 1 rings (SSSR count). The number of aromatic nitrogens is 1. The molecule has 0 bridgehead atoms. The summed E-state index contributed by atoms with van der Waals surface area (Å²) < 4.78 is 0. The first-order valence-electron chi connectivity index (χ1n) is 4.91. The number of hydrogen-bond acceptors (Lipinski definition) is 3. The third-order valence-electron chi connectivity index (χ3n) is 1.92. The van der Waals surface area contributed by atoms with Crippen molar-refractivity contribution in [2.45, 2.75) is 31.1 Å². The second-order valence-corrected chi connectivity index (χ2v) is 4.20. The predicted octanol–water partition coefficient (Wildman–Crippen LogP) is 3.18. The molecular weight excluding hydrogens is 194 g/mol. The Morgan fingerprint density at radius 2 is 2.36 bits per heavy atom. The van der Waals surface area contributed by atoms with Crippen LogP contribution in [0.15, 0.2) is 23.2 Å². The van der Waals surface area contributed by atoms with Crippen LogP contribution < -0.4 is 0 Å². The molecule has 0 amide bonds. The van der Waals surface area contributed by atoms with E-state index in [1.165, 1.54) is 19.3 Å². The predicted molar refractivity (Wildman–Crippen MR) is 59.9 cm³/mol. The molecule has 1 aromatic heterocycles. The van der Waals surface area contributed by atoms with Crippen LogP contribution in [-0.2, 0) is 0 Å². The molecule has 14 heavy (non-hydrogen) atoms. The van der Waals surface area contributed by atoms with Crippen molar-refractivity contribution < 1.29 is 4.79 Å². The smallest absolute Gasteiger partial charge is 0.169 e. The third kappa shape index (κ3) is 3.50. The van der Waals surface area contributed by atoms with Gasteiger partial charge in [0.1, 0.15) is 5.69 Å². The summed E-state index contributed by atoms with van der Waals surface area (Å²) in [4.78, 5) is 15.6. The molecule has 0 saturated heterocycles. The SMILES string of the molecule is CCCCCSc1cccnc1C=O. The summed E-state index contributed by atoms with van der Waals surface area (Å²) in [5.74, 6) is 1.07. The Bertz CT molecular complexity index is 288. The van der Waals surface area contributed by atoms with Gasteiger partial charge in [-0.3, -0.25) is 9.78 Å². The lowest BCUT2D eigenvalue weighted by atomic mass is 10.3. The number of thioether (sulfide) groups is 1. The van der Waals surface area contributed by atoms with Gasteiger partial charge in [-0.05, 0) is 24.3 Å². The molecule has 0 spiro atoms. The van der Waals surface area contributed by atoms with Gasteiger partial charge in [-0.2, -0.15) is 0 Å². The minimum absolute atomic E-state index is 0.564. The van der Waals surface area contributed by atoms with Crippen LogP contribution in [0.4, 0.5) is 0 Å². The summed E-state index contributed by atoms with van der Waals surface area (Å²) in [5, 5.41) is 0. The van der Waals surface area contributed by atoms with Crippen LogP contribution >= 0.6 is 11.8 Å². The van der Waals surface area contributed by atoms with E-state index < -0.39 is 0 Å². The minimum atomic E-state index is 0.564. The maximum Gasteiger partial charge on any atom is 0.169 e. The lowest BCUT2D eigenvalue weighted by molar-refractivity contribution is 0.111. The van der Waals surface area contributed by atoms with E-state index in [9.17, 15) is 4.79 Å². The highest BCUT2D eigenvalue weighted by molar-refractivity contribution is 7.99. The maximum atomic E-state index is 10.6. The molecule has 0 radical (unpaired) electrons. The Labute approximate surface area is 89.1 Å². The summed E-state index contributed by atoms with van der Waals surface area (Å²) in [6.45, 7) is 2.19. The van der Waals surface area contributed by atoms with E-state index in [-0.39, 0.29) is 0 Å². The lowest BCUT2D eigenvalue weighted by Gasteiger charge is -2.02. The van der Waals surface area contributed by atoms with Crippen LogP contribution in [0.25, 0.3) is 0 Å². The van der Waals surface area contributed by atoms with Crippen molar-refractivity contribution in [2.24, 2.45) is 0 Å². The van der Waals surface area contributed by atoms with E-state index in [0.717, 1.165) is 16.9 Å². The van der Waals surface area contributed by atoms with Crippen molar-refractivity contribution in [3.63, 3.8) is 0 Å². The number of hydrogen-bond donors (Lipinski definition) is 0. The van der Waals surface area contributed by atoms with Crippen molar-refractivity contribution >= 4 is 18.0 Å². The molecule has 1 aromatic rings. The van der Waals surface area contributed by atoms with Gasteiger partial charge in [0.2, 0.25) is 0 Å². The second kappa shape index (κ2) is 6.60. The molecule has 0 aliphatic rings. The molecule has 0 unspecified atom stereocenters. The average molecular weight is 209 g/mol. The number of aldehydes is 1. The van der Waals surface area contributed by atoms with E-state index in [4.69, 9.17) is 0 Å². The molecule has 0 aliphatic heterocycles. The summed E-state index contributed by atoms with van der Waals surface area (Å²) in [5.41, 5.74) is 0.564. The van der Waals surface area contributed by atoms with Gasteiger partial charge in [-0.1, -0.05) is 19.8 Å². The number of rotatable bonds is 6. The second-order valence-electron chi connectivity index (χ2n) is 3.06. The van der Waals surface area contributed by atoms with Gasteiger partial charge in [0, 0.05) is 11.1 Å². The fourth-order valence-corrected chi connectivity index (χ4v) is 2.14. The van der Waals surface area contributed by atoms with E-state index in [0.29, 0.717) is 5.69 Å². The molecule has 0 aromatic carbocycles. The zero-order chi connectivity index (χ0) is 10.2. The normalized spacial score (nSPS) is 10.1. The Morgan fingerprint density at radius 3 is 3.07 bits per heavy atom. The van der Waals surface area contributed by atoms with Crippen molar-refractivity contribution in [2.75, 3.05) is 5.75 Å². The maximum absolute atomic E-state index is 10.6. The molecular formula is C11H15NOS. The first-order valence-corrected chi connectivity index (χ1v) is 5.90. The first-order chi connectivity index (χ1) is 6.88. The van der Waals surface area contributed by atoms with E-state index in [1.807, 2.05) is 12.1 Å². The Morgan fingerprint density at radius 1 is 1.50 bits per heavy atom. The van der Waals surface area contributed by atoms with Crippen LogP contribution in [0.1, 0.15) is 36.7 Å². The number of nitrogens with zero attached hydrogens (tertiary/aromatic N) is 1. The Kier molecular flexibility index (Phi) is 5.30. The molecule has 0 aliphatic carbocycles. The minimum Gasteiger partial charge on any atom is -0.296 e. The molecule has 76 valence electrons. The lowest BCUT2D eigenvalue weighted by Crippen LogP contribution is -1.90. The quantitative estimate of drug-likeness (QED) is 0.409. The van der Waals surface area contributed by atoms with Crippen molar-refractivity contribution in [3.05, 3.63) is 24.0 Å². The van der Waals surface area contributed by atoms with Crippen molar-refractivity contribution in [1.82, 2.24) is 4.98 Å². The van der Waals surface area contributed by atoms with Crippen LogP contribution in [0, 0.1) is 0 Å². The number of carbonyl (C=O) groups excluding carboxylic acids is 1. The van der Waals surface area contributed by atoms with Crippen LogP contribution in [-0.4, -0.2) is 17.0 Å². The molecule has 0 N–H and O–H groups in total. The van der Waals surface area contributed by atoms with E-state index >= 15 is 0 Å². The zero-order valence-corrected chi connectivity index (χ0v) is 9.22. The standard InChI is InChI=1S/C11H15NOS/c1-2-3-4-8-14-11-6-5-7-12-10(11)9-13/h5-7,9H,2-4,8H2,1H3. The third-order valence-corrected chi connectivity index (χ3v) is 3.07. The van der Waals surface area contributed by atoms with Gasteiger partial charge in [-0.25, -0.2) is 0 Å². The molecule has 1 heterocycles.